The summed E-state index contributed by atoms with van der Waals surface area (Å²) in [5.74, 6) is 0.263. The number of benzene rings is 1. The molecule has 2 aliphatic rings. The Bertz CT molecular complexity index is 904. The third-order valence-corrected chi connectivity index (χ3v) is 10.4. The van der Waals surface area contributed by atoms with Gasteiger partial charge in [0.15, 0.2) is 4.91 Å². The van der Waals surface area contributed by atoms with Gasteiger partial charge < -0.3 is 0 Å². The molecule has 0 N–H and O–H groups in total. The molecule has 1 aliphatic carbocycles. The summed E-state index contributed by atoms with van der Waals surface area (Å²) in [6, 6.07) is 6.32. The quantitative estimate of drug-likeness (QED) is 0.375. The fraction of sp³-hybridized carbons (Fsp3) is 0.526. The molecule has 1 atom stereocenters. The molecular weight excluding hydrogens is 588 g/mol. The Morgan fingerprint density at radius 3 is 2.63 bits per heavy atom. The van der Waals surface area contributed by atoms with Gasteiger partial charge in [-0.25, -0.2) is 8.42 Å². The van der Waals surface area contributed by atoms with Crippen molar-refractivity contribution >= 4 is 55.2 Å². The Labute approximate surface area is 189 Å². The average Bonchev–Trinajstić information content (AvgIpc) is 3.45. The normalized spacial score (nSPS) is 22.6. The molecule has 3 rings (SSSR count). The average molecular weight is 611 g/mol. The highest BCUT2D eigenvalue weighted by atomic mass is 127. The highest BCUT2D eigenvalue weighted by Gasteiger charge is 2.35. The van der Waals surface area contributed by atoms with Crippen molar-refractivity contribution in [3.63, 3.8) is 0 Å². The van der Waals surface area contributed by atoms with Crippen molar-refractivity contribution < 1.29 is 8.42 Å². The van der Waals surface area contributed by atoms with Crippen LogP contribution in [0.1, 0.15) is 30.9 Å². The highest BCUT2D eigenvalue weighted by molar-refractivity contribution is 14.1. The molecule has 1 saturated heterocycles. The van der Waals surface area contributed by atoms with E-state index in [2.05, 4.69) is 76.1 Å². The van der Waals surface area contributed by atoms with E-state index >= 15 is 0 Å². The van der Waals surface area contributed by atoms with Gasteiger partial charge in [0, 0.05) is 39.4 Å². The lowest BCUT2D eigenvalue weighted by Crippen LogP contribution is -2.53. The van der Waals surface area contributed by atoms with Crippen molar-refractivity contribution in [3.05, 3.63) is 41.4 Å². The summed E-state index contributed by atoms with van der Waals surface area (Å²) in [5, 5.41) is 9.32. The molecule has 1 unspecified atom stereocenters. The van der Waals surface area contributed by atoms with Gasteiger partial charge in [-0.05, 0) is 95.0 Å². The van der Waals surface area contributed by atoms with Crippen LogP contribution in [0.3, 0.4) is 0 Å². The van der Waals surface area contributed by atoms with Gasteiger partial charge in [-0.3, -0.25) is 4.90 Å². The Hall–Kier alpha value is -0.220. The van der Waals surface area contributed by atoms with Gasteiger partial charge in [-0.1, -0.05) is 12.1 Å². The van der Waals surface area contributed by atoms with Crippen molar-refractivity contribution in [3.8, 4) is 6.07 Å². The van der Waals surface area contributed by atoms with Crippen LogP contribution in [0.25, 0.3) is 0 Å². The summed E-state index contributed by atoms with van der Waals surface area (Å²) in [7, 11) is -3.67. The zero-order valence-corrected chi connectivity index (χ0v) is 20.6. The number of nitriles is 1. The summed E-state index contributed by atoms with van der Waals surface area (Å²) in [6.45, 7) is 6.54. The van der Waals surface area contributed by atoms with Crippen molar-refractivity contribution in [2.24, 2.45) is 5.92 Å². The Balaban J connectivity index is 1.71. The van der Waals surface area contributed by atoms with Gasteiger partial charge in [-0.15, -0.1) is 0 Å². The Kier molecular flexibility index (Phi) is 6.88. The van der Waals surface area contributed by atoms with Crippen molar-refractivity contribution in [2.45, 2.75) is 39.3 Å². The maximum atomic E-state index is 12.8. The first-order valence-corrected chi connectivity index (χ1v) is 12.6. The standard InChI is InChI=1S/C19H23I2N3O2S/c1-13-11-24(27(25,26)17(10-22)9-15-3-4-15)8-7-23(13)12-16-5-6-18(20)19(21)14(16)2/h5-6,9,13,15H,3-4,7-8,11-12H2,1-2H3/b17-9+. The highest BCUT2D eigenvalue weighted by Crippen LogP contribution is 2.33. The molecule has 0 radical (unpaired) electrons. The molecule has 1 aliphatic heterocycles. The monoisotopic (exact) mass is 611 g/mol. The number of piperazine rings is 1. The van der Waals surface area contributed by atoms with Gasteiger partial charge >= 0.3 is 0 Å². The third kappa shape index (κ3) is 4.86. The van der Waals surface area contributed by atoms with Gasteiger partial charge in [0.05, 0.1) is 0 Å². The van der Waals surface area contributed by atoms with E-state index in [4.69, 9.17) is 0 Å². The molecule has 2 fully saturated rings. The minimum Gasteiger partial charge on any atom is -0.294 e. The predicted molar refractivity (Wildman–Crippen MR) is 123 cm³/mol. The van der Waals surface area contributed by atoms with Crippen molar-refractivity contribution in [2.75, 3.05) is 19.6 Å². The smallest absolute Gasteiger partial charge is 0.252 e. The summed E-state index contributed by atoms with van der Waals surface area (Å²) in [6.07, 6.45) is 3.61. The summed E-state index contributed by atoms with van der Waals surface area (Å²) in [5.41, 5.74) is 2.58. The minimum absolute atomic E-state index is 0.0753. The molecular formula is C19H23I2N3O2S. The lowest BCUT2D eigenvalue weighted by atomic mass is 10.1. The van der Waals surface area contributed by atoms with Gasteiger partial charge in [-0.2, -0.15) is 9.57 Å². The second kappa shape index (κ2) is 8.65. The van der Waals surface area contributed by atoms with Crippen molar-refractivity contribution in [1.29, 1.82) is 5.26 Å². The van der Waals surface area contributed by atoms with Crippen LogP contribution in [0.5, 0.6) is 0 Å². The first-order valence-electron chi connectivity index (χ1n) is 9.03. The Morgan fingerprint density at radius 1 is 1.33 bits per heavy atom. The molecule has 146 valence electrons. The lowest BCUT2D eigenvalue weighted by molar-refractivity contribution is 0.122. The first kappa shape index (κ1) is 21.5. The van der Waals surface area contributed by atoms with E-state index in [1.54, 1.807) is 6.08 Å². The molecule has 1 saturated carbocycles. The molecule has 0 bridgehead atoms. The van der Waals surface area contributed by atoms with Crippen molar-refractivity contribution in [1.82, 2.24) is 9.21 Å². The number of halogens is 2. The SMILES string of the molecule is Cc1c(CN2CCN(S(=O)(=O)/C(C#N)=C/C3CC3)CC2C)ccc(I)c1I. The van der Waals surface area contributed by atoms with E-state index in [1.165, 1.54) is 22.6 Å². The minimum atomic E-state index is -3.67. The van der Waals surface area contributed by atoms with E-state index in [1.807, 2.05) is 6.07 Å². The van der Waals surface area contributed by atoms with E-state index in [9.17, 15) is 13.7 Å². The number of rotatable bonds is 5. The van der Waals surface area contributed by atoms with Crippen LogP contribution in [0.15, 0.2) is 23.1 Å². The third-order valence-electron chi connectivity index (χ3n) is 5.29. The van der Waals surface area contributed by atoms with E-state index in [-0.39, 0.29) is 16.9 Å². The number of hydrogen-bond acceptors (Lipinski definition) is 4. The summed E-state index contributed by atoms with van der Waals surface area (Å²) >= 11 is 4.73. The predicted octanol–water partition coefficient (Wildman–Crippen LogP) is 3.86. The number of nitrogens with zero attached hydrogens (tertiary/aromatic N) is 3. The molecule has 1 aromatic carbocycles. The number of allylic oxidation sites excluding steroid dienone is 2. The number of hydrogen-bond donors (Lipinski definition) is 0. The maximum absolute atomic E-state index is 12.8. The second-order valence-electron chi connectivity index (χ2n) is 7.31. The zero-order chi connectivity index (χ0) is 19.8. The van der Waals surface area contributed by atoms with Crippen LogP contribution in [-0.2, 0) is 16.6 Å². The van der Waals surface area contributed by atoms with E-state index in [0.29, 0.717) is 19.6 Å². The zero-order valence-electron chi connectivity index (χ0n) is 15.5. The number of sulfonamides is 1. The van der Waals surface area contributed by atoms with E-state index < -0.39 is 10.0 Å². The Morgan fingerprint density at radius 2 is 2.04 bits per heavy atom. The topological polar surface area (TPSA) is 64.4 Å². The van der Waals surface area contributed by atoms with Crippen LogP contribution in [0, 0.1) is 31.3 Å². The molecule has 1 heterocycles. The molecule has 5 nitrogen and oxygen atoms in total. The fourth-order valence-electron chi connectivity index (χ4n) is 3.29. The second-order valence-corrected chi connectivity index (χ2v) is 11.5. The summed E-state index contributed by atoms with van der Waals surface area (Å²) < 4.78 is 29.7. The molecule has 1 aromatic rings. The molecule has 0 spiro atoms. The first-order chi connectivity index (χ1) is 12.7. The van der Waals surface area contributed by atoms with E-state index in [0.717, 1.165) is 19.4 Å². The van der Waals surface area contributed by atoms with Crippen LogP contribution in [-0.4, -0.2) is 43.3 Å². The fourth-order valence-corrected chi connectivity index (χ4v) is 5.90. The molecule has 0 amide bonds. The summed E-state index contributed by atoms with van der Waals surface area (Å²) in [4.78, 5) is 2.25. The van der Waals surface area contributed by atoms with Crippen LogP contribution in [0.2, 0.25) is 0 Å². The van der Waals surface area contributed by atoms with Crippen LogP contribution in [0.4, 0.5) is 0 Å². The largest absolute Gasteiger partial charge is 0.294 e. The lowest BCUT2D eigenvalue weighted by Gasteiger charge is -2.39. The van der Waals surface area contributed by atoms with Crippen LogP contribution < -0.4 is 0 Å². The molecule has 8 heteroatoms. The molecule has 0 aromatic heterocycles. The van der Waals surface area contributed by atoms with Gasteiger partial charge in [0.25, 0.3) is 10.0 Å². The van der Waals surface area contributed by atoms with Crippen LogP contribution >= 0.6 is 45.2 Å². The molecule has 27 heavy (non-hydrogen) atoms. The van der Waals surface area contributed by atoms with Gasteiger partial charge in [0.1, 0.15) is 6.07 Å². The van der Waals surface area contributed by atoms with Gasteiger partial charge in [0.2, 0.25) is 0 Å². The maximum Gasteiger partial charge on any atom is 0.252 e.